The monoisotopic (exact) mass is 294 g/mol. The number of ether oxygens (including phenoxy) is 1. The lowest BCUT2D eigenvalue weighted by molar-refractivity contribution is 0.0905. The van der Waals surface area contributed by atoms with E-state index in [1.807, 2.05) is 13.8 Å². The van der Waals surface area contributed by atoms with Gasteiger partial charge in [-0.3, -0.25) is 0 Å². The lowest BCUT2D eigenvalue weighted by atomic mass is 10.2. The minimum atomic E-state index is -3.36. The number of nitrogens with zero attached hydrogens (tertiary/aromatic N) is 1. The molecule has 0 aromatic rings. The number of nitrogens with one attached hydrogen (secondary N) is 1. The van der Waals surface area contributed by atoms with E-state index >= 15 is 0 Å². The maximum Gasteiger partial charge on any atom is 0.216 e. The summed E-state index contributed by atoms with van der Waals surface area (Å²) in [5.74, 6) is -0.0299. The van der Waals surface area contributed by atoms with Crippen molar-refractivity contribution in [3.8, 4) is 0 Å². The minimum absolute atomic E-state index is 0.0259. The summed E-state index contributed by atoms with van der Waals surface area (Å²) in [4.78, 5) is 0. The Kier molecular flexibility index (Phi) is 7.23. The first kappa shape index (κ1) is 16.8. The molecule has 0 amide bonds. The molecule has 0 radical (unpaired) electrons. The molecule has 1 atom stereocenters. The Balaban J connectivity index is 2.51. The van der Waals surface area contributed by atoms with Gasteiger partial charge in [0.2, 0.25) is 10.0 Å². The molecule has 0 bridgehead atoms. The second-order valence-corrected chi connectivity index (χ2v) is 7.20. The molecular weight excluding hydrogens is 268 g/mol. The Morgan fingerprint density at radius 2 is 2.21 bits per heavy atom. The molecule has 1 rings (SSSR count). The zero-order valence-corrected chi connectivity index (χ0v) is 12.7. The van der Waals surface area contributed by atoms with E-state index in [0.717, 1.165) is 19.4 Å². The van der Waals surface area contributed by atoms with Gasteiger partial charge in [-0.15, -0.1) is 0 Å². The highest BCUT2D eigenvalue weighted by molar-refractivity contribution is 7.89. The molecule has 7 heteroatoms. The summed E-state index contributed by atoms with van der Waals surface area (Å²) in [6, 6.07) is 0.201. The zero-order valence-electron chi connectivity index (χ0n) is 11.8. The van der Waals surface area contributed by atoms with Crippen LogP contribution in [0.3, 0.4) is 0 Å². The van der Waals surface area contributed by atoms with E-state index < -0.39 is 10.0 Å². The number of aliphatic hydroxyl groups excluding tert-OH is 1. The van der Waals surface area contributed by atoms with Crippen molar-refractivity contribution in [3.63, 3.8) is 0 Å². The summed E-state index contributed by atoms with van der Waals surface area (Å²) in [6.45, 7) is 5.32. The summed E-state index contributed by atoms with van der Waals surface area (Å²) in [6.07, 6.45) is 2.09. The highest BCUT2D eigenvalue weighted by Crippen LogP contribution is 2.10. The van der Waals surface area contributed by atoms with Gasteiger partial charge in [0.05, 0.1) is 25.1 Å². The van der Waals surface area contributed by atoms with Gasteiger partial charge >= 0.3 is 0 Å². The Morgan fingerprint density at radius 1 is 1.47 bits per heavy atom. The quantitative estimate of drug-likeness (QED) is 0.615. The van der Waals surface area contributed by atoms with E-state index in [1.54, 1.807) is 0 Å². The largest absolute Gasteiger partial charge is 0.395 e. The van der Waals surface area contributed by atoms with E-state index in [0.29, 0.717) is 6.54 Å². The predicted octanol–water partition coefficient (Wildman–Crippen LogP) is -0.212. The van der Waals surface area contributed by atoms with Gasteiger partial charge in [-0.2, -0.15) is 4.31 Å². The topological polar surface area (TPSA) is 78.9 Å². The Labute approximate surface area is 116 Å². The van der Waals surface area contributed by atoms with Crippen LogP contribution in [0, 0.1) is 0 Å². The van der Waals surface area contributed by atoms with Crippen molar-refractivity contribution in [1.29, 1.82) is 0 Å². The van der Waals surface area contributed by atoms with E-state index in [1.165, 1.54) is 4.31 Å². The normalized spacial score (nSPS) is 20.6. The fourth-order valence-electron chi connectivity index (χ4n) is 2.13. The number of hydrogen-bond donors (Lipinski definition) is 2. The van der Waals surface area contributed by atoms with Gasteiger partial charge in [0.1, 0.15) is 0 Å². The highest BCUT2D eigenvalue weighted by Gasteiger charge is 2.26. The first-order valence-corrected chi connectivity index (χ1v) is 8.50. The van der Waals surface area contributed by atoms with Gasteiger partial charge in [0.25, 0.3) is 0 Å². The molecule has 0 aliphatic carbocycles. The third-order valence-electron chi connectivity index (χ3n) is 3.12. The van der Waals surface area contributed by atoms with E-state index in [-0.39, 0.29) is 37.7 Å². The SMILES string of the molecule is CC(C)OCCS(=O)(=O)N(CCO)CC1CCCN1. The second kappa shape index (κ2) is 8.16. The van der Waals surface area contributed by atoms with Crippen LogP contribution < -0.4 is 5.32 Å². The molecule has 1 aliphatic heterocycles. The molecule has 114 valence electrons. The third-order valence-corrected chi connectivity index (χ3v) is 4.92. The van der Waals surface area contributed by atoms with Crippen LogP contribution in [0.1, 0.15) is 26.7 Å². The minimum Gasteiger partial charge on any atom is -0.395 e. The molecule has 1 heterocycles. The van der Waals surface area contributed by atoms with E-state index in [4.69, 9.17) is 9.84 Å². The van der Waals surface area contributed by atoms with Crippen LogP contribution in [0.25, 0.3) is 0 Å². The maximum absolute atomic E-state index is 12.2. The summed E-state index contributed by atoms with van der Waals surface area (Å²) in [5, 5.41) is 12.3. The van der Waals surface area contributed by atoms with Crippen molar-refractivity contribution in [1.82, 2.24) is 9.62 Å². The number of hydrogen-bond acceptors (Lipinski definition) is 5. The van der Waals surface area contributed by atoms with Crippen molar-refractivity contribution < 1.29 is 18.3 Å². The molecule has 6 nitrogen and oxygen atoms in total. The molecule has 1 unspecified atom stereocenters. The van der Waals surface area contributed by atoms with Crippen LogP contribution in [-0.4, -0.2) is 68.6 Å². The molecule has 0 saturated carbocycles. The average molecular weight is 294 g/mol. The molecular formula is C12H26N2O4S. The molecule has 2 N–H and O–H groups in total. The van der Waals surface area contributed by atoms with E-state index in [9.17, 15) is 8.42 Å². The molecule has 0 spiro atoms. The predicted molar refractivity (Wildman–Crippen MR) is 74.6 cm³/mol. The number of rotatable bonds is 9. The van der Waals surface area contributed by atoms with Crippen LogP contribution in [0.4, 0.5) is 0 Å². The zero-order chi connectivity index (χ0) is 14.3. The summed E-state index contributed by atoms with van der Waals surface area (Å²) >= 11 is 0. The van der Waals surface area contributed by atoms with Gasteiger partial charge in [0.15, 0.2) is 0 Å². The fraction of sp³-hybridized carbons (Fsp3) is 1.00. The van der Waals surface area contributed by atoms with Crippen LogP contribution in [0.15, 0.2) is 0 Å². The molecule has 0 aromatic carbocycles. The molecule has 1 fully saturated rings. The van der Waals surface area contributed by atoms with Crippen molar-refractivity contribution in [2.24, 2.45) is 0 Å². The first-order chi connectivity index (χ1) is 8.95. The molecule has 0 aromatic heterocycles. The average Bonchev–Trinajstić information content (AvgIpc) is 2.80. The number of sulfonamides is 1. The summed E-state index contributed by atoms with van der Waals surface area (Å²) in [7, 11) is -3.36. The van der Waals surface area contributed by atoms with Gasteiger partial charge in [0, 0.05) is 19.1 Å². The van der Waals surface area contributed by atoms with Crippen molar-refractivity contribution >= 4 is 10.0 Å². The van der Waals surface area contributed by atoms with Crippen LogP contribution >= 0.6 is 0 Å². The molecule has 1 aliphatic rings. The van der Waals surface area contributed by atoms with Gasteiger partial charge in [-0.25, -0.2) is 8.42 Å². The van der Waals surface area contributed by atoms with Crippen LogP contribution in [-0.2, 0) is 14.8 Å². The van der Waals surface area contributed by atoms with Gasteiger partial charge in [-0.05, 0) is 33.2 Å². The Morgan fingerprint density at radius 3 is 2.74 bits per heavy atom. The van der Waals surface area contributed by atoms with Crippen molar-refractivity contribution in [2.75, 3.05) is 38.6 Å². The van der Waals surface area contributed by atoms with Gasteiger partial charge < -0.3 is 15.2 Å². The smallest absolute Gasteiger partial charge is 0.216 e. The van der Waals surface area contributed by atoms with Crippen molar-refractivity contribution in [3.05, 3.63) is 0 Å². The summed E-state index contributed by atoms with van der Waals surface area (Å²) < 4.78 is 31.1. The summed E-state index contributed by atoms with van der Waals surface area (Å²) in [5.41, 5.74) is 0. The lowest BCUT2D eigenvalue weighted by Gasteiger charge is -2.24. The molecule has 1 saturated heterocycles. The fourth-order valence-corrected chi connectivity index (χ4v) is 3.46. The molecule has 19 heavy (non-hydrogen) atoms. The van der Waals surface area contributed by atoms with Crippen LogP contribution in [0.2, 0.25) is 0 Å². The van der Waals surface area contributed by atoms with Gasteiger partial charge in [-0.1, -0.05) is 0 Å². The van der Waals surface area contributed by atoms with Crippen molar-refractivity contribution in [2.45, 2.75) is 38.8 Å². The Bertz CT molecular complexity index is 340. The third kappa shape index (κ3) is 6.18. The lowest BCUT2D eigenvalue weighted by Crippen LogP contribution is -2.44. The maximum atomic E-state index is 12.2. The van der Waals surface area contributed by atoms with E-state index in [2.05, 4.69) is 5.32 Å². The standard InChI is InChI=1S/C12H26N2O4S/c1-11(2)18-8-9-19(16,17)14(6-7-15)10-12-4-3-5-13-12/h11-13,15H,3-10H2,1-2H3. The van der Waals surface area contributed by atoms with Crippen LogP contribution in [0.5, 0.6) is 0 Å². The highest BCUT2D eigenvalue weighted by atomic mass is 32.2. The number of aliphatic hydroxyl groups is 1. The first-order valence-electron chi connectivity index (χ1n) is 6.89. The Hall–Kier alpha value is -0.210. The second-order valence-electron chi connectivity index (χ2n) is 5.11.